The van der Waals surface area contributed by atoms with Crippen molar-refractivity contribution in [1.82, 2.24) is 14.7 Å². The van der Waals surface area contributed by atoms with Crippen LogP contribution in [-0.4, -0.2) is 65.8 Å². The number of carbonyl (C=O) groups excluding carboxylic acids is 2. The molecule has 31 heavy (non-hydrogen) atoms. The Morgan fingerprint density at radius 3 is 2.32 bits per heavy atom. The highest BCUT2D eigenvalue weighted by Gasteiger charge is 2.26. The molecule has 1 aliphatic rings. The van der Waals surface area contributed by atoms with Crippen LogP contribution in [0.1, 0.15) is 43.3 Å². The summed E-state index contributed by atoms with van der Waals surface area (Å²) in [5.74, 6) is 0.0117. The van der Waals surface area contributed by atoms with Crippen molar-refractivity contribution in [1.29, 1.82) is 0 Å². The molecular weight excluding hydrogens is 397 g/mol. The van der Waals surface area contributed by atoms with Crippen LogP contribution in [0.25, 0.3) is 0 Å². The van der Waals surface area contributed by atoms with Crippen LogP contribution in [0.15, 0.2) is 47.1 Å². The molecule has 1 saturated heterocycles. The summed E-state index contributed by atoms with van der Waals surface area (Å²) in [4.78, 5) is 31.3. The number of amides is 2. The predicted molar refractivity (Wildman–Crippen MR) is 117 cm³/mol. The Hall–Kier alpha value is -2.67. The molecule has 1 aliphatic heterocycles. The second-order valence-electron chi connectivity index (χ2n) is 9.29. The molecule has 168 valence electrons. The quantitative estimate of drug-likeness (QED) is 0.674. The maximum atomic E-state index is 13.2. The highest BCUT2D eigenvalue weighted by molar-refractivity contribution is 5.91. The van der Waals surface area contributed by atoms with Crippen LogP contribution in [-0.2, 0) is 11.3 Å². The van der Waals surface area contributed by atoms with E-state index in [1.54, 1.807) is 29.2 Å². The number of benzene rings is 1. The monoisotopic (exact) mass is 429 g/mol. The van der Waals surface area contributed by atoms with Gasteiger partial charge >= 0.3 is 0 Å². The normalized spacial score (nSPS) is 15.2. The summed E-state index contributed by atoms with van der Waals surface area (Å²) < 4.78 is 18.5. The number of nitrogens with zero attached hydrogens (tertiary/aromatic N) is 3. The van der Waals surface area contributed by atoms with Crippen molar-refractivity contribution in [3.63, 3.8) is 0 Å². The zero-order chi connectivity index (χ0) is 22.4. The van der Waals surface area contributed by atoms with E-state index in [1.807, 2.05) is 4.90 Å². The lowest BCUT2D eigenvalue weighted by molar-refractivity contribution is -0.134. The van der Waals surface area contributed by atoms with Gasteiger partial charge in [0.1, 0.15) is 5.82 Å². The smallest absolute Gasteiger partial charge is 0.289 e. The maximum absolute atomic E-state index is 13.2. The van der Waals surface area contributed by atoms with Crippen LogP contribution in [0.2, 0.25) is 0 Å². The molecule has 0 saturated carbocycles. The molecule has 1 fully saturated rings. The van der Waals surface area contributed by atoms with Crippen molar-refractivity contribution in [3.8, 4) is 0 Å². The largest absolute Gasteiger partial charge is 0.459 e. The molecule has 0 radical (unpaired) electrons. The van der Waals surface area contributed by atoms with Crippen molar-refractivity contribution in [2.24, 2.45) is 5.41 Å². The van der Waals surface area contributed by atoms with E-state index in [2.05, 4.69) is 25.7 Å². The van der Waals surface area contributed by atoms with Gasteiger partial charge in [-0.25, -0.2) is 4.39 Å². The lowest BCUT2D eigenvalue weighted by Crippen LogP contribution is -2.51. The molecule has 0 unspecified atom stereocenters. The van der Waals surface area contributed by atoms with Gasteiger partial charge in [0.15, 0.2) is 5.76 Å². The number of hydrogen-bond donors (Lipinski definition) is 0. The number of piperazine rings is 1. The molecule has 1 aromatic carbocycles. The molecule has 0 N–H and O–H groups in total. The number of carbonyl (C=O) groups is 2. The third-order valence-corrected chi connectivity index (χ3v) is 5.40. The van der Waals surface area contributed by atoms with E-state index < -0.39 is 0 Å². The molecule has 2 amide bonds. The van der Waals surface area contributed by atoms with Gasteiger partial charge in [0, 0.05) is 52.2 Å². The van der Waals surface area contributed by atoms with Gasteiger partial charge in [-0.2, -0.15) is 0 Å². The molecule has 2 heterocycles. The number of furan rings is 1. The average molecular weight is 430 g/mol. The van der Waals surface area contributed by atoms with Crippen LogP contribution < -0.4 is 0 Å². The summed E-state index contributed by atoms with van der Waals surface area (Å²) in [6.07, 6.45) is 2.03. The predicted octanol–water partition coefficient (Wildman–Crippen LogP) is 3.64. The minimum absolute atomic E-state index is 0.0126. The van der Waals surface area contributed by atoms with Gasteiger partial charge in [0.05, 0.1) is 6.26 Å². The fourth-order valence-corrected chi connectivity index (χ4v) is 3.67. The van der Waals surface area contributed by atoms with E-state index in [1.165, 1.54) is 18.4 Å². The Labute approximate surface area is 183 Å². The third kappa shape index (κ3) is 6.92. The van der Waals surface area contributed by atoms with Crippen molar-refractivity contribution in [2.45, 2.75) is 33.7 Å². The molecule has 0 atom stereocenters. The van der Waals surface area contributed by atoms with E-state index in [9.17, 15) is 14.0 Å². The Balaban J connectivity index is 1.56. The summed E-state index contributed by atoms with van der Waals surface area (Å²) >= 11 is 0. The van der Waals surface area contributed by atoms with Gasteiger partial charge in [-0.1, -0.05) is 32.9 Å². The number of rotatable bonds is 7. The molecule has 1 aromatic heterocycles. The van der Waals surface area contributed by atoms with Gasteiger partial charge in [-0.05, 0) is 35.2 Å². The highest BCUT2D eigenvalue weighted by Crippen LogP contribution is 2.20. The van der Waals surface area contributed by atoms with Gasteiger partial charge < -0.3 is 14.2 Å². The van der Waals surface area contributed by atoms with E-state index in [4.69, 9.17) is 4.42 Å². The molecule has 0 spiro atoms. The first-order chi connectivity index (χ1) is 14.7. The standard InChI is InChI=1S/C24H32FN3O3/c1-24(2,3)17-22(29)27-13-10-26(11-14-27)12-15-28(23(30)21-5-4-16-31-21)18-19-6-8-20(25)9-7-19/h4-9,16H,10-15,17-18H2,1-3H3. The van der Waals surface area contributed by atoms with Crippen LogP contribution >= 0.6 is 0 Å². The Morgan fingerprint density at radius 2 is 1.74 bits per heavy atom. The van der Waals surface area contributed by atoms with Crippen LogP contribution in [0.3, 0.4) is 0 Å². The van der Waals surface area contributed by atoms with Crippen molar-refractivity contribution in [2.75, 3.05) is 39.3 Å². The number of halogens is 1. The first kappa shape index (κ1) is 23.0. The van der Waals surface area contributed by atoms with Crippen LogP contribution in [0, 0.1) is 11.2 Å². The average Bonchev–Trinajstić information content (AvgIpc) is 3.26. The van der Waals surface area contributed by atoms with Gasteiger partial charge in [-0.15, -0.1) is 0 Å². The summed E-state index contributed by atoms with van der Waals surface area (Å²) in [7, 11) is 0. The first-order valence-corrected chi connectivity index (χ1v) is 10.8. The fourth-order valence-electron chi connectivity index (χ4n) is 3.67. The second-order valence-corrected chi connectivity index (χ2v) is 9.29. The zero-order valence-electron chi connectivity index (χ0n) is 18.6. The lowest BCUT2D eigenvalue weighted by atomic mass is 9.91. The van der Waals surface area contributed by atoms with Gasteiger partial charge in [0.2, 0.25) is 5.91 Å². The van der Waals surface area contributed by atoms with Crippen LogP contribution in [0.5, 0.6) is 0 Å². The Bertz CT molecular complexity index is 851. The lowest BCUT2D eigenvalue weighted by Gasteiger charge is -2.36. The Morgan fingerprint density at radius 1 is 1.06 bits per heavy atom. The molecule has 7 heteroatoms. The molecular formula is C24H32FN3O3. The SMILES string of the molecule is CC(C)(C)CC(=O)N1CCN(CCN(Cc2ccc(F)cc2)C(=O)c2ccco2)CC1. The highest BCUT2D eigenvalue weighted by atomic mass is 19.1. The topological polar surface area (TPSA) is 57.0 Å². The third-order valence-electron chi connectivity index (χ3n) is 5.40. The molecule has 2 aromatic rings. The molecule has 0 bridgehead atoms. The van der Waals surface area contributed by atoms with Crippen molar-refractivity contribution < 1.29 is 18.4 Å². The van der Waals surface area contributed by atoms with E-state index in [0.717, 1.165) is 18.7 Å². The van der Waals surface area contributed by atoms with Gasteiger partial charge in [-0.3, -0.25) is 14.5 Å². The van der Waals surface area contributed by atoms with E-state index >= 15 is 0 Å². The molecule has 6 nitrogen and oxygen atoms in total. The second kappa shape index (κ2) is 10.1. The number of hydrogen-bond acceptors (Lipinski definition) is 4. The fraction of sp³-hybridized carbons (Fsp3) is 0.500. The van der Waals surface area contributed by atoms with Gasteiger partial charge in [0.25, 0.3) is 5.91 Å². The summed E-state index contributed by atoms with van der Waals surface area (Å²) in [6.45, 7) is 10.8. The van der Waals surface area contributed by atoms with Crippen molar-refractivity contribution in [3.05, 3.63) is 59.8 Å². The minimum atomic E-state index is -0.300. The zero-order valence-corrected chi connectivity index (χ0v) is 18.6. The Kier molecular flexibility index (Phi) is 7.49. The van der Waals surface area contributed by atoms with E-state index in [-0.39, 0.29) is 23.0 Å². The molecule has 0 aliphatic carbocycles. The first-order valence-electron chi connectivity index (χ1n) is 10.8. The minimum Gasteiger partial charge on any atom is -0.459 e. The van der Waals surface area contributed by atoms with Crippen molar-refractivity contribution >= 4 is 11.8 Å². The van der Waals surface area contributed by atoms with Crippen LogP contribution in [0.4, 0.5) is 4.39 Å². The van der Waals surface area contributed by atoms with E-state index in [0.29, 0.717) is 44.9 Å². The summed E-state index contributed by atoms with van der Waals surface area (Å²) in [5, 5.41) is 0. The maximum Gasteiger partial charge on any atom is 0.289 e. The summed E-state index contributed by atoms with van der Waals surface area (Å²) in [6, 6.07) is 9.53. The summed E-state index contributed by atoms with van der Waals surface area (Å²) in [5.41, 5.74) is 0.847. The molecule has 3 rings (SSSR count).